The Hall–Kier alpha value is -1.50. The number of rotatable bonds is 2. The van der Waals surface area contributed by atoms with Crippen LogP contribution in [0.15, 0.2) is 42.5 Å². The van der Waals surface area contributed by atoms with Gasteiger partial charge in [0.1, 0.15) is 30.5 Å². The van der Waals surface area contributed by atoms with Crippen LogP contribution < -0.4 is 0 Å². The van der Waals surface area contributed by atoms with Gasteiger partial charge in [0.15, 0.2) is 0 Å². The van der Waals surface area contributed by atoms with E-state index < -0.39 is 37.1 Å². The fraction of sp³-hybridized carbons (Fsp3) is 0.375. The summed E-state index contributed by atoms with van der Waals surface area (Å²) in [6.07, 6.45) is -5.61. The summed E-state index contributed by atoms with van der Waals surface area (Å²) in [4.78, 5) is 0. The highest BCUT2D eigenvalue weighted by Crippen LogP contribution is 2.33. The van der Waals surface area contributed by atoms with Gasteiger partial charge in [-0.3, -0.25) is 0 Å². The Bertz CT molecular complexity index is 627. The van der Waals surface area contributed by atoms with E-state index in [1.54, 1.807) is 0 Å². The number of ether oxygens (including phenoxy) is 1. The summed E-state index contributed by atoms with van der Waals surface area (Å²) in [6.45, 7) is -0.422. The Labute approximate surface area is 122 Å². The van der Waals surface area contributed by atoms with Crippen LogP contribution in [0.25, 0.3) is 10.8 Å². The van der Waals surface area contributed by atoms with Gasteiger partial charge in [-0.15, -0.1) is 0 Å². The minimum absolute atomic E-state index is 0.422. The first-order chi connectivity index (χ1) is 10.1. The molecule has 0 radical (unpaired) electrons. The van der Waals surface area contributed by atoms with E-state index >= 15 is 0 Å². The molecule has 1 saturated heterocycles. The van der Waals surface area contributed by atoms with Crippen molar-refractivity contribution < 1.29 is 25.2 Å². The molecule has 112 valence electrons. The average Bonchev–Trinajstić information content (AvgIpc) is 2.52. The van der Waals surface area contributed by atoms with E-state index in [0.29, 0.717) is 5.56 Å². The van der Waals surface area contributed by atoms with E-state index in [1.165, 1.54) is 0 Å². The molecule has 1 aliphatic rings. The van der Waals surface area contributed by atoms with E-state index in [1.807, 2.05) is 42.5 Å². The number of hydrogen-bond acceptors (Lipinski definition) is 5. The minimum atomic E-state index is -1.35. The third kappa shape index (κ3) is 2.54. The van der Waals surface area contributed by atoms with Crippen LogP contribution in [0.1, 0.15) is 11.7 Å². The Morgan fingerprint density at radius 2 is 1.57 bits per heavy atom. The standard InChI is InChI=1S/C16H18O5/c17-8-12-13(18)14(19)15(20)16(21-12)11-6-5-9-3-1-2-4-10(9)7-11/h1-7,12-20H,8H2/t12-,13-,14+,15-,16+/m1/s1. The topological polar surface area (TPSA) is 90.2 Å². The van der Waals surface area contributed by atoms with E-state index in [9.17, 15) is 20.4 Å². The smallest absolute Gasteiger partial charge is 0.113 e. The van der Waals surface area contributed by atoms with Crippen LogP contribution in [0.2, 0.25) is 0 Å². The zero-order chi connectivity index (χ0) is 15.0. The van der Waals surface area contributed by atoms with E-state index in [0.717, 1.165) is 10.8 Å². The zero-order valence-electron chi connectivity index (χ0n) is 11.3. The molecule has 0 amide bonds. The van der Waals surface area contributed by atoms with Gasteiger partial charge in [0, 0.05) is 0 Å². The van der Waals surface area contributed by atoms with Crippen LogP contribution in [-0.2, 0) is 4.74 Å². The molecule has 1 aliphatic heterocycles. The number of aliphatic hydroxyl groups is 4. The summed E-state index contributed by atoms with van der Waals surface area (Å²) < 4.78 is 5.56. The van der Waals surface area contributed by atoms with Gasteiger partial charge in [0.05, 0.1) is 6.61 Å². The molecule has 0 spiro atoms. The van der Waals surface area contributed by atoms with Crippen LogP contribution in [0.4, 0.5) is 0 Å². The first kappa shape index (κ1) is 14.4. The number of benzene rings is 2. The molecule has 3 rings (SSSR count). The second kappa shape index (κ2) is 5.71. The van der Waals surface area contributed by atoms with Crippen LogP contribution in [-0.4, -0.2) is 51.4 Å². The lowest BCUT2D eigenvalue weighted by Gasteiger charge is -2.40. The summed E-state index contributed by atoms with van der Waals surface area (Å²) in [7, 11) is 0. The van der Waals surface area contributed by atoms with Crippen LogP contribution in [0.3, 0.4) is 0 Å². The lowest BCUT2D eigenvalue weighted by molar-refractivity contribution is -0.231. The quantitative estimate of drug-likeness (QED) is 0.641. The van der Waals surface area contributed by atoms with Crippen molar-refractivity contribution in [2.45, 2.75) is 30.5 Å². The third-order valence-electron chi connectivity index (χ3n) is 3.99. The van der Waals surface area contributed by atoms with Crippen molar-refractivity contribution >= 4 is 10.8 Å². The Morgan fingerprint density at radius 3 is 2.29 bits per heavy atom. The summed E-state index contributed by atoms with van der Waals surface area (Å²) >= 11 is 0. The molecule has 4 N–H and O–H groups in total. The fourth-order valence-corrected chi connectivity index (χ4v) is 2.76. The van der Waals surface area contributed by atoms with Gasteiger partial charge < -0.3 is 25.2 Å². The summed E-state index contributed by atoms with van der Waals surface area (Å²) in [5.41, 5.74) is 0.700. The van der Waals surface area contributed by atoms with Gasteiger partial charge >= 0.3 is 0 Å². The molecule has 0 aromatic heterocycles. The molecular weight excluding hydrogens is 272 g/mol. The van der Waals surface area contributed by atoms with E-state index in [2.05, 4.69) is 0 Å². The highest BCUT2D eigenvalue weighted by atomic mass is 16.5. The van der Waals surface area contributed by atoms with Gasteiger partial charge in [-0.2, -0.15) is 0 Å². The van der Waals surface area contributed by atoms with E-state index in [-0.39, 0.29) is 0 Å². The Morgan fingerprint density at radius 1 is 0.857 bits per heavy atom. The van der Waals surface area contributed by atoms with Crippen molar-refractivity contribution in [2.75, 3.05) is 6.61 Å². The number of fused-ring (bicyclic) bond motifs is 1. The number of hydrogen-bond donors (Lipinski definition) is 4. The Kier molecular flexibility index (Phi) is 3.93. The molecule has 2 aromatic carbocycles. The zero-order valence-corrected chi connectivity index (χ0v) is 11.3. The Balaban J connectivity index is 1.96. The maximum atomic E-state index is 10.1. The third-order valence-corrected chi connectivity index (χ3v) is 3.99. The van der Waals surface area contributed by atoms with E-state index in [4.69, 9.17) is 4.74 Å². The fourth-order valence-electron chi connectivity index (χ4n) is 2.76. The maximum absolute atomic E-state index is 10.1. The molecule has 1 heterocycles. The lowest BCUT2D eigenvalue weighted by Crippen LogP contribution is -2.55. The van der Waals surface area contributed by atoms with Crippen molar-refractivity contribution in [3.63, 3.8) is 0 Å². The van der Waals surface area contributed by atoms with Crippen molar-refractivity contribution in [2.24, 2.45) is 0 Å². The molecule has 5 nitrogen and oxygen atoms in total. The first-order valence-corrected chi connectivity index (χ1v) is 6.91. The second-order valence-electron chi connectivity index (χ2n) is 5.36. The van der Waals surface area contributed by atoms with Crippen molar-refractivity contribution in [1.29, 1.82) is 0 Å². The summed E-state index contributed by atoms with van der Waals surface area (Å²) in [6, 6.07) is 13.4. The van der Waals surface area contributed by atoms with Crippen LogP contribution >= 0.6 is 0 Å². The monoisotopic (exact) mass is 290 g/mol. The molecule has 0 unspecified atom stereocenters. The molecule has 5 heteroatoms. The van der Waals surface area contributed by atoms with Gasteiger partial charge in [0.25, 0.3) is 0 Å². The minimum Gasteiger partial charge on any atom is -0.394 e. The number of aliphatic hydroxyl groups excluding tert-OH is 4. The average molecular weight is 290 g/mol. The molecule has 0 saturated carbocycles. The van der Waals surface area contributed by atoms with Crippen molar-refractivity contribution in [1.82, 2.24) is 0 Å². The predicted octanol–water partition coefficient (Wildman–Crippen LogP) is 0.355. The maximum Gasteiger partial charge on any atom is 0.113 e. The van der Waals surface area contributed by atoms with Crippen LogP contribution in [0.5, 0.6) is 0 Å². The van der Waals surface area contributed by atoms with Crippen molar-refractivity contribution in [3.8, 4) is 0 Å². The van der Waals surface area contributed by atoms with Gasteiger partial charge in [-0.1, -0.05) is 36.4 Å². The highest BCUT2D eigenvalue weighted by Gasteiger charge is 2.43. The molecule has 2 aromatic rings. The predicted molar refractivity (Wildman–Crippen MR) is 76.7 cm³/mol. The molecule has 5 atom stereocenters. The van der Waals surface area contributed by atoms with Gasteiger partial charge in [-0.25, -0.2) is 0 Å². The molecule has 0 bridgehead atoms. The molecule has 21 heavy (non-hydrogen) atoms. The first-order valence-electron chi connectivity index (χ1n) is 6.91. The SMILES string of the molecule is OC[C@H]1O[C@@H](c2ccc3ccccc3c2)[C@H](O)[C@@H](O)[C@@H]1O. The van der Waals surface area contributed by atoms with Gasteiger partial charge in [0.2, 0.25) is 0 Å². The molecule has 0 aliphatic carbocycles. The van der Waals surface area contributed by atoms with Crippen LogP contribution in [0, 0.1) is 0 Å². The summed E-state index contributed by atoms with van der Waals surface area (Å²) in [5.74, 6) is 0. The normalized spacial score (nSPS) is 33.2. The van der Waals surface area contributed by atoms with Crippen molar-refractivity contribution in [3.05, 3.63) is 48.0 Å². The highest BCUT2D eigenvalue weighted by molar-refractivity contribution is 5.83. The summed E-state index contributed by atoms with van der Waals surface area (Å²) in [5, 5.41) is 41.1. The second-order valence-corrected chi connectivity index (χ2v) is 5.36. The lowest BCUT2D eigenvalue weighted by atomic mass is 9.90. The molecular formula is C16H18O5. The largest absolute Gasteiger partial charge is 0.394 e. The molecule has 1 fully saturated rings. The van der Waals surface area contributed by atoms with Gasteiger partial charge in [-0.05, 0) is 22.4 Å².